The molecule has 7 nitrogen and oxygen atoms in total. The van der Waals surface area contributed by atoms with Crippen LogP contribution in [0.15, 0.2) is 12.1 Å². The molecule has 0 aromatic carbocycles. The molecule has 1 aromatic heterocycles. The molecule has 0 saturated carbocycles. The van der Waals surface area contributed by atoms with Gasteiger partial charge in [0.05, 0.1) is 9.88 Å². The highest BCUT2D eigenvalue weighted by molar-refractivity contribution is 7.17. The molecule has 1 aromatic rings. The molecule has 4 N–H and O–H groups in total. The Bertz CT molecular complexity index is 485. The van der Waals surface area contributed by atoms with Crippen molar-refractivity contribution in [1.29, 1.82) is 0 Å². The van der Waals surface area contributed by atoms with Crippen LogP contribution in [0.5, 0.6) is 0 Å². The van der Waals surface area contributed by atoms with Crippen LogP contribution in [0.1, 0.15) is 22.5 Å². The van der Waals surface area contributed by atoms with Gasteiger partial charge in [-0.05, 0) is 18.6 Å². The second kappa shape index (κ2) is 6.74. The highest BCUT2D eigenvalue weighted by Crippen LogP contribution is 2.21. The molecule has 104 valence electrons. The van der Waals surface area contributed by atoms with E-state index < -0.39 is 23.9 Å². The maximum absolute atomic E-state index is 11.8. The number of carboxylic acids is 2. The summed E-state index contributed by atoms with van der Waals surface area (Å²) in [4.78, 5) is 33.5. The number of nitrogens with one attached hydrogen (secondary N) is 2. The Morgan fingerprint density at radius 3 is 2.47 bits per heavy atom. The molecule has 0 saturated heterocycles. The van der Waals surface area contributed by atoms with E-state index in [1.54, 1.807) is 19.2 Å². The van der Waals surface area contributed by atoms with E-state index in [2.05, 4.69) is 10.6 Å². The molecule has 1 rings (SSSR count). The van der Waals surface area contributed by atoms with Gasteiger partial charge in [-0.3, -0.25) is 9.59 Å². The van der Waals surface area contributed by atoms with Crippen molar-refractivity contribution in [2.45, 2.75) is 18.9 Å². The fourth-order valence-corrected chi connectivity index (χ4v) is 2.11. The Labute approximate surface area is 113 Å². The molecular weight excluding hydrogens is 272 g/mol. The summed E-state index contributed by atoms with van der Waals surface area (Å²) < 4.78 is 0. The van der Waals surface area contributed by atoms with Crippen molar-refractivity contribution in [2.24, 2.45) is 0 Å². The zero-order chi connectivity index (χ0) is 14.4. The minimum Gasteiger partial charge on any atom is -0.481 e. The van der Waals surface area contributed by atoms with Gasteiger partial charge in [0.25, 0.3) is 5.91 Å². The summed E-state index contributed by atoms with van der Waals surface area (Å²) >= 11 is 1.19. The van der Waals surface area contributed by atoms with Crippen molar-refractivity contribution < 1.29 is 24.6 Å². The lowest BCUT2D eigenvalue weighted by Crippen LogP contribution is -2.40. The first-order valence-corrected chi connectivity index (χ1v) is 6.28. The molecule has 0 fully saturated rings. The Hall–Kier alpha value is -2.09. The van der Waals surface area contributed by atoms with Crippen LogP contribution in [0.2, 0.25) is 0 Å². The summed E-state index contributed by atoms with van der Waals surface area (Å²) in [5.74, 6) is -2.88. The van der Waals surface area contributed by atoms with Gasteiger partial charge < -0.3 is 20.8 Å². The average Bonchev–Trinajstić information content (AvgIpc) is 2.82. The molecule has 0 spiro atoms. The number of carbonyl (C=O) groups excluding carboxylic acids is 1. The number of hydrogen-bond donors (Lipinski definition) is 4. The molecule has 8 heteroatoms. The predicted octanol–water partition coefficient (Wildman–Crippen LogP) is 0.838. The largest absolute Gasteiger partial charge is 0.481 e. The molecule has 1 amide bonds. The van der Waals surface area contributed by atoms with E-state index in [9.17, 15) is 14.4 Å². The van der Waals surface area contributed by atoms with Crippen LogP contribution in [-0.2, 0) is 9.59 Å². The number of thiophene rings is 1. The number of carboxylic acid groups (broad SMARTS) is 2. The fraction of sp³-hybridized carbons (Fsp3) is 0.364. The normalized spacial score (nSPS) is 11.6. The zero-order valence-electron chi connectivity index (χ0n) is 10.2. The Balaban J connectivity index is 2.65. The third-order valence-electron chi connectivity index (χ3n) is 2.33. The van der Waals surface area contributed by atoms with Crippen LogP contribution < -0.4 is 10.6 Å². The van der Waals surface area contributed by atoms with Crippen LogP contribution in [0, 0.1) is 0 Å². The van der Waals surface area contributed by atoms with Crippen molar-refractivity contribution in [1.82, 2.24) is 5.32 Å². The minimum absolute atomic E-state index is 0.152. The molecule has 0 radical (unpaired) electrons. The Morgan fingerprint density at radius 2 is 2.00 bits per heavy atom. The van der Waals surface area contributed by atoms with Crippen molar-refractivity contribution in [3.8, 4) is 0 Å². The summed E-state index contributed by atoms with van der Waals surface area (Å²) in [6, 6.07) is 2.07. The van der Waals surface area contributed by atoms with Crippen LogP contribution in [0.4, 0.5) is 5.00 Å². The number of aliphatic carboxylic acids is 2. The molecule has 0 bridgehead atoms. The van der Waals surface area contributed by atoms with Gasteiger partial charge in [-0.1, -0.05) is 0 Å². The summed E-state index contributed by atoms with van der Waals surface area (Å²) in [5.41, 5.74) is 0. The van der Waals surface area contributed by atoms with Crippen molar-refractivity contribution >= 4 is 34.2 Å². The van der Waals surface area contributed by atoms with Crippen molar-refractivity contribution in [2.75, 3.05) is 12.4 Å². The van der Waals surface area contributed by atoms with Gasteiger partial charge in [-0.15, -0.1) is 11.3 Å². The minimum atomic E-state index is -1.25. The standard InChI is InChI=1S/C11H14N2O5S/c1-12-8-4-3-7(19-8)10(16)13-6(11(17)18)2-5-9(14)15/h3-4,6,12H,2,5H2,1H3,(H,13,16)(H,14,15)(H,17,18)/t6-/m0/s1. The molecule has 1 heterocycles. The van der Waals surface area contributed by atoms with E-state index in [1.165, 1.54) is 11.3 Å². The van der Waals surface area contributed by atoms with E-state index in [0.29, 0.717) is 4.88 Å². The lowest BCUT2D eigenvalue weighted by molar-refractivity contribution is -0.140. The number of amides is 1. The van der Waals surface area contributed by atoms with Gasteiger partial charge in [0.2, 0.25) is 0 Å². The SMILES string of the molecule is CNc1ccc(C(=O)N[C@@H](CCC(=O)O)C(=O)O)s1. The molecule has 0 aliphatic carbocycles. The molecule has 0 unspecified atom stereocenters. The lowest BCUT2D eigenvalue weighted by Gasteiger charge is -2.12. The second-order valence-corrected chi connectivity index (χ2v) is 4.79. The maximum Gasteiger partial charge on any atom is 0.326 e. The van der Waals surface area contributed by atoms with Gasteiger partial charge in [0.15, 0.2) is 0 Å². The lowest BCUT2D eigenvalue weighted by atomic mass is 10.1. The first kappa shape index (κ1) is 15.0. The smallest absolute Gasteiger partial charge is 0.326 e. The quantitative estimate of drug-likeness (QED) is 0.590. The van der Waals surface area contributed by atoms with Gasteiger partial charge >= 0.3 is 11.9 Å². The average molecular weight is 286 g/mol. The Kier molecular flexibility index (Phi) is 5.31. The Morgan fingerprint density at radius 1 is 1.32 bits per heavy atom. The van der Waals surface area contributed by atoms with Crippen LogP contribution in [-0.4, -0.2) is 41.1 Å². The number of carbonyl (C=O) groups is 3. The summed E-state index contributed by atoms with van der Waals surface area (Å²) in [6.45, 7) is 0. The van der Waals surface area contributed by atoms with Gasteiger partial charge in [-0.25, -0.2) is 4.79 Å². The molecule has 0 aliphatic heterocycles. The molecule has 1 atom stereocenters. The van der Waals surface area contributed by atoms with E-state index >= 15 is 0 Å². The fourth-order valence-electron chi connectivity index (χ4n) is 1.35. The van der Waals surface area contributed by atoms with Gasteiger partial charge in [0.1, 0.15) is 6.04 Å². The maximum atomic E-state index is 11.8. The van der Waals surface area contributed by atoms with E-state index in [4.69, 9.17) is 10.2 Å². The van der Waals surface area contributed by atoms with Crippen molar-refractivity contribution in [3.63, 3.8) is 0 Å². The van der Waals surface area contributed by atoms with Crippen molar-refractivity contribution in [3.05, 3.63) is 17.0 Å². The predicted molar refractivity (Wildman–Crippen MR) is 69.6 cm³/mol. The van der Waals surface area contributed by atoms with E-state index in [1.807, 2.05) is 0 Å². The highest BCUT2D eigenvalue weighted by atomic mass is 32.1. The summed E-state index contributed by atoms with van der Waals surface area (Å²) in [6.07, 6.45) is -0.468. The van der Waals surface area contributed by atoms with Gasteiger partial charge in [0, 0.05) is 13.5 Å². The third-order valence-corrected chi connectivity index (χ3v) is 3.43. The summed E-state index contributed by atoms with van der Waals surface area (Å²) in [5, 5.41) is 23.4. The van der Waals surface area contributed by atoms with Crippen LogP contribution in [0.25, 0.3) is 0 Å². The number of rotatable bonds is 7. The number of hydrogen-bond acceptors (Lipinski definition) is 5. The topological polar surface area (TPSA) is 116 Å². The first-order chi connectivity index (χ1) is 8.93. The van der Waals surface area contributed by atoms with E-state index in [-0.39, 0.29) is 12.8 Å². The highest BCUT2D eigenvalue weighted by Gasteiger charge is 2.22. The van der Waals surface area contributed by atoms with Crippen LogP contribution in [0.3, 0.4) is 0 Å². The molecule has 0 aliphatic rings. The second-order valence-electron chi connectivity index (χ2n) is 3.71. The monoisotopic (exact) mass is 286 g/mol. The molecular formula is C11H14N2O5S. The molecule has 19 heavy (non-hydrogen) atoms. The van der Waals surface area contributed by atoms with Gasteiger partial charge in [-0.2, -0.15) is 0 Å². The van der Waals surface area contributed by atoms with Crippen LogP contribution >= 0.6 is 11.3 Å². The van der Waals surface area contributed by atoms with E-state index in [0.717, 1.165) is 5.00 Å². The third kappa shape index (κ3) is 4.59. The zero-order valence-corrected chi connectivity index (χ0v) is 11.0. The summed E-state index contributed by atoms with van der Waals surface area (Å²) in [7, 11) is 1.71. The number of anilines is 1. The first-order valence-electron chi connectivity index (χ1n) is 5.47.